The maximum Gasteiger partial charge on any atom is 0.129 e. The third-order valence-corrected chi connectivity index (χ3v) is 3.79. The van der Waals surface area contributed by atoms with Crippen LogP contribution in [0.15, 0.2) is 18.7 Å². The molecule has 0 N–H and O–H groups in total. The molecule has 14 heavy (non-hydrogen) atoms. The Labute approximate surface area is 93.5 Å². The Bertz CT molecular complexity index is 332. The quantitative estimate of drug-likeness (QED) is 0.546. The van der Waals surface area contributed by atoms with Crippen LogP contribution in [0.2, 0.25) is 6.04 Å². The Morgan fingerprint density at radius 2 is 1.79 bits per heavy atom. The molecule has 2 heteroatoms. The van der Waals surface area contributed by atoms with Crippen molar-refractivity contribution in [2.75, 3.05) is 0 Å². The molecule has 0 saturated heterocycles. The lowest BCUT2D eigenvalue weighted by Gasteiger charge is -2.12. The van der Waals surface area contributed by atoms with Gasteiger partial charge in [-0.1, -0.05) is 24.3 Å². The molecule has 0 radical (unpaired) electrons. The van der Waals surface area contributed by atoms with Gasteiger partial charge in [0.2, 0.25) is 0 Å². The summed E-state index contributed by atoms with van der Waals surface area (Å²) in [7, 11) is -0.446. The van der Waals surface area contributed by atoms with Gasteiger partial charge in [0.25, 0.3) is 0 Å². The normalized spacial score (nSPS) is 11.1. The van der Waals surface area contributed by atoms with Gasteiger partial charge in [-0.25, -0.2) is 0 Å². The standard InChI is InChI=1S/C12H17ClSi/c1-8-5-9(2)12(10(3)6-8)11(4)7-14-13/h5-6H,4,7,14H2,1-3H3. The minimum atomic E-state index is -0.446. The van der Waals surface area contributed by atoms with Crippen LogP contribution in [0.25, 0.3) is 5.57 Å². The van der Waals surface area contributed by atoms with Crippen molar-refractivity contribution in [3.05, 3.63) is 41.0 Å². The van der Waals surface area contributed by atoms with Crippen LogP contribution in [0.3, 0.4) is 0 Å². The Kier molecular flexibility index (Phi) is 3.96. The Balaban J connectivity index is 3.14. The van der Waals surface area contributed by atoms with Crippen LogP contribution < -0.4 is 0 Å². The molecule has 0 heterocycles. The predicted octanol–water partition coefficient (Wildman–Crippen LogP) is 3.37. The Hall–Kier alpha value is -0.533. The summed E-state index contributed by atoms with van der Waals surface area (Å²) in [6.45, 7) is 10.5. The summed E-state index contributed by atoms with van der Waals surface area (Å²) in [5.74, 6) is 0. The maximum absolute atomic E-state index is 5.86. The lowest BCUT2D eigenvalue weighted by molar-refractivity contribution is 1.28. The van der Waals surface area contributed by atoms with Crippen molar-refractivity contribution in [2.24, 2.45) is 0 Å². The molecular weight excluding hydrogens is 208 g/mol. The number of rotatable bonds is 3. The average Bonchev–Trinajstić information content (AvgIpc) is 2.01. The zero-order chi connectivity index (χ0) is 10.7. The first kappa shape index (κ1) is 11.5. The van der Waals surface area contributed by atoms with Gasteiger partial charge in [0.05, 0.1) is 0 Å². The zero-order valence-electron chi connectivity index (χ0n) is 9.15. The maximum atomic E-state index is 5.86. The zero-order valence-corrected chi connectivity index (χ0v) is 11.3. The number of benzene rings is 1. The van der Waals surface area contributed by atoms with Crippen LogP contribution in [-0.4, -0.2) is 8.83 Å². The van der Waals surface area contributed by atoms with Crippen molar-refractivity contribution in [1.82, 2.24) is 0 Å². The number of halogens is 1. The van der Waals surface area contributed by atoms with Crippen LogP contribution >= 0.6 is 11.1 Å². The molecule has 0 atom stereocenters. The van der Waals surface area contributed by atoms with Crippen molar-refractivity contribution in [3.63, 3.8) is 0 Å². The van der Waals surface area contributed by atoms with Crippen molar-refractivity contribution in [1.29, 1.82) is 0 Å². The summed E-state index contributed by atoms with van der Waals surface area (Å²) < 4.78 is 0. The van der Waals surface area contributed by atoms with E-state index in [0.717, 1.165) is 6.04 Å². The summed E-state index contributed by atoms with van der Waals surface area (Å²) in [6, 6.07) is 5.43. The number of allylic oxidation sites excluding steroid dienone is 1. The third-order valence-electron chi connectivity index (χ3n) is 2.43. The van der Waals surface area contributed by atoms with Crippen molar-refractivity contribution < 1.29 is 0 Å². The molecule has 0 saturated carbocycles. The average molecular weight is 225 g/mol. The van der Waals surface area contributed by atoms with Crippen molar-refractivity contribution in [2.45, 2.75) is 26.8 Å². The minimum Gasteiger partial charge on any atom is -0.176 e. The molecule has 0 fully saturated rings. The molecule has 0 nitrogen and oxygen atoms in total. The summed E-state index contributed by atoms with van der Waals surface area (Å²) in [4.78, 5) is 0. The van der Waals surface area contributed by atoms with E-state index in [1.54, 1.807) is 0 Å². The van der Waals surface area contributed by atoms with Crippen LogP contribution in [0.1, 0.15) is 22.3 Å². The summed E-state index contributed by atoms with van der Waals surface area (Å²) in [6.07, 6.45) is 0. The second kappa shape index (κ2) is 4.81. The van der Waals surface area contributed by atoms with Gasteiger partial charge in [0.1, 0.15) is 8.83 Å². The molecule has 1 aromatic carbocycles. The molecule has 0 aliphatic carbocycles. The van der Waals surface area contributed by atoms with E-state index >= 15 is 0 Å². The fourth-order valence-corrected chi connectivity index (χ4v) is 3.14. The van der Waals surface area contributed by atoms with Crippen molar-refractivity contribution >= 4 is 25.5 Å². The summed E-state index contributed by atoms with van der Waals surface area (Å²) in [5.41, 5.74) is 6.50. The van der Waals surface area contributed by atoms with Crippen LogP contribution in [-0.2, 0) is 0 Å². The molecule has 76 valence electrons. The molecule has 0 aliphatic rings. The van der Waals surface area contributed by atoms with Gasteiger partial charge in [0.15, 0.2) is 0 Å². The van der Waals surface area contributed by atoms with E-state index in [9.17, 15) is 0 Å². The third kappa shape index (κ3) is 2.49. The van der Waals surface area contributed by atoms with Gasteiger partial charge < -0.3 is 0 Å². The Morgan fingerprint density at radius 3 is 2.21 bits per heavy atom. The van der Waals surface area contributed by atoms with E-state index in [0.29, 0.717) is 0 Å². The van der Waals surface area contributed by atoms with Gasteiger partial charge in [-0.3, -0.25) is 0 Å². The van der Waals surface area contributed by atoms with E-state index in [1.165, 1.54) is 27.8 Å². The highest BCUT2D eigenvalue weighted by molar-refractivity contribution is 6.94. The smallest absolute Gasteiger partial charge is 0.129 e. The molecule has 0 amide bonds. The van der Waals surface area contributed by atoms with Gasteiger partial charge in [0, 0.05) is 0 Å². The fraction of sp³-hybridized carbons (Fsp3) is 0.333. The lowest BCUT2D eigenvalue weighted by atomic mass is 9.95. The van der Waals surface area contributed by atoms with Gasteiger partial charge in [-0.2, -0.15) is 11.1 Å². The van der Waals surface area contributed by atoms with Gasteiger partial charge >= 0.3 is 0 Å². The van der Waals surface area contributed by atoms with Crippen molar-refractivity contribution in [3.8, 4) is 0 Å². The number of aryl methyl sites for hydroxylation is 3. The highest BCUT2D eigenvalue weighted by atomic mass is 35.6. The molecule has 0 bridgehead atoms. The molecular formula is C12H17ClSi. The predicted molar refractivity (Wildman–Crippen MR) is 68.9 cm³/mol. The van der Waals surface area contributed by atoms with Crippen LogP contribution in [0.5, 0.6) is 0 Å². The van der Waals surface area contributed by atoms with Crippen LogP contribution in [0, 0.1) is 20.8 Å². The Morgan fingerprint density at radius 1 is 1.29 bits per heavy atom. The topological polar surface area (TPSA) is 0 Å². The van der Waals surface area contributed by atoms with E-state index in [-0.39, 0.29) is 0 Å². The van der Waals surface area contributed by atoms with Crippen LogP contribution in [0.4, 0.5) is 0 Å². The largest absolute Gasteiger partial charge is 0.176 e. The monoisotopic (exact) mass is 224 g/mol. The second-order valence-electron chi connectivity index (χ2n) is 3.82. The molecule has 1 rings (SSSR count). The highest BCUT2D eigenvalue weighted by Crippen LogP contribution is 2.25. The minimum absolute atomic E-state index is 0.446. The van der Waals surface area contributed by atoms with E-state index in [4.69, 9.17) is 11.1 Å². The first-order valence-corrected chi connectivity index (χ1v) is 8.02. The SMILES string of the molecule is C=C(C[SiH2]Cl)c1c(C)cc(C)cc1C. The van der Waals surface area contributed by atoms with Gasteiger partial charge in [-0.05, 0) is 49.1 Å². The molecule has 0 spiro atoms. The molecule has 0 unspecified atom stereocenters. The number of hydrogen-bond donors (Lipinski definition) is 0. The van der Waals surface area contributed by atoms with E-state index < -0.39 is 8.83 Å². The van der Waals surface area contributed by atoms with Gasteiger partial charge in [-0.15, -0.1) is 0 Å². The molecule has 0 aromatic heterocycles. The van der Waals surface area contributed by atoms with E-state index in [1.807, 2.05) is 0 Å². The number of hydrogen-bond acceptors (Lipinski definition) is 0. The lowest BCUT2D eigenvalue weighted by Crippen LogP contribution is -1.94. The first-order valence-electron chi connectivity index (χ1n) is 4.88. The highest BCUT2D eigenvalue weighted by Gasteiger charge is 2.06. The second-order valence-corrected chi connectivity index (χ2v) is 5.83. The first-order chi connectivity index (χ1) is 6.56. The fourth-order valence-electron chi connectivity index (χ4n) is 1.98. The molecule has 1 aromatic rings. The molecule has 0 aliphatic heterocycles. The summed E-state index contributed by atoms with van der Waals surface area (Å²) in [5, 5.41) is 0. The summed E-state index contributed by atoms with van der Waals surface area (Å²) >= 11 is 5.86. The van der Waals surface area contributed by atoms with E-state index in [2.05, 4.69) is 39.5 Å².